The van der Waals surface area contributed by atoms with E-state index in [-0.39, 0.29) is 5.91 Å². The zero-order chi connectivity index (χ0) is 12.5. The molecule has 2 N–H and O–H groups in total. The molecule has 0 radical (unpaired) electrons. The molecule has 92 valence electrons. The Hall–Kier alpha value is -1.81. The number of thiophene rings is 1. The molecule has 2 aromatic rings. The van der Waals surface area contributed by atoms with Gasteiger partial charge in [0, 0.05) is 22.7 Å². The lowest BCUT2D eigenvalue weighted by atomic mass is 10.0. The van der Waals surface area contributed by atoms with Gasteiger partial charge in [-0.3, -0.25) is 4.79 Å². The van der Waals surface area contributed by atoms with Gasteiger partial charge in [-0.1, -0.05) is 6.07 Å². The number of hydrogen-bond donors (Lipinski definition) is 1. The van der Waals surface area contributed by atoms with E-state index in [9.17, 15) is 4.79 Å². The number of fused-ring (bicyclic) bond motifs is 1. The van der Waals surface area contributed by atoms with E-state index >= 15 is 0 Å². The maximum Gasteiger partial charge on any atom is 0.227 e. The molecule has 0 fully saturated rings. The summed E-state index contributed by atoms with van der Waals surface area (Å²) in [5.41, 5.74) is 8.74. The Bertz CT molecular complexity index is 577. The van der Waals surface area contributed by atoms with E-state index in [1.54, 1.807) is 11.3 Å². The van der Waals surface area contributed by atoms with Crippen LogP contribution in [0.3, 0.4) is 0 Å². The van der Waals surface area contributed by atoms with E-state index in [1.165, 1.54) is 10.4 Å². The van der Waals surface area contributed by atoms with Crippen LogP contribution in [0, 0.1) is 0 Å². The van der Waals surface area contributed by atoms with Gasteiger partial charge in [0.2, 0.25) is 5.91 Å². The highest BCUT2D eigenvalue weighted by atomic mass is 32.1. The molecule has 0 saturated heterocycles. The van der Waals surface area contributed by atoms with Crippen LogP contribution in [0.2, 0.25) is 0 Å². The molecule has 4 heteroatoms. The number of hydrogen-bond acceptors (Lipinski definition) is 3. The molecule has 1 aromatic heterocycles. The van der Waals surface area contributed by atoms with Crippen LogP contribution < -0.4 is 10.6 Å². The van der Waals surface area contributed by atoms with Crippen molar-refractivity contribution in [3.8, 4) is 0 Å². The minimum absolute atomic E-state index is 0.195. The summed E-state index contributed by atoms with van der Waals surface area (Å²) in [6, 6.07) is 9.86. The number of nitrogen functional groups attached to an aromatic ring is 1. The monoisotopic (exact) mass is 258 g/mol. The molecule has 3 rings (SSSR count). The number of rotatable bonds is 2. The molecule has 1 aliphatic rings. The molecule has 0 unspecified atom stereocenters. The number of benzene rings is 1. The molecule has 0 bridgehead atoms. The second-order valence-corrected chi connectivity index (χ2v) is 5.48. The average molecular weight is 258 g/mol. The molecule has 0 spiro atoms. The Kier molecular flexibility index (Phi) is 2.80. The first-order chi connectivity index (χ1) is 8.74. The van der Waals surface area contributed by atoms with Crippen molar-refractivity contribution in [3.63, 3.8) is 0 Å². The number of anilines is 2. The van der Waals surface area contributed by atoms with E-state index < -0.39 is 0 Å². The predicted molar refractivity (Wildman–Crippen MR) is 74.7 cm³/mol. The molecule has 3 nitrogen and oxygen atoms in total. The lowest BCUT2D eigenvalue weighted by molar-refractivity contribution is -0.119. The number of aryl methyl sites for hydroxylation is 1. The molecule has 1 amide bonds. The Balaban J connectivity index is 1.96. The maximum absolute atomic E-state index is 12.1. The lowest BCUT2D eigenvalue weighted by Crippen LogP contribution is -2.34. The number of nitrogens with zero attached hydrogens (tertiary/aromatic N) is 1. The van der Waals surface area contributed by atoms with Gasteiger partial charge in [0.05, 0.1) is 6.54 Å². The molecule has 2 heterocycles. The van der Waals surface area contributed by atoms with Crippen LogP contribution >= 0.6 is 11.3 Å². The van der Waals surface area contributed by atoms with Gasteiger partial charge in [-0.15, -0.1) is 11.3 Å². The van der Waals surface area contributed by atoms with Crippen LogP contribution in [0.25, 0.3) is 0 Å². The Morgan fingerprint density at radius 1 is 1.28 bits per heavy atom. The molecule has 0 saturated carbocycles. The van der Waals surface area contributed by atoms with Gasteiger partial charge in [0.25, 0.3) is 0 Å². The van der Waals surface area contributed by atoms with Crippen molar-refractivity contribution >= 4 is 28.6 Å². The fraction of sp³-hybridized carbons (Fsp3) is 0.214. The van der Waals surface area contributed by atoms with Crippen LogP contribution in [0.15, 0.2) is 35.7 Å². The zero-order valence-corrected chi connectivity index (χ0v) is 10.7. The zero-order valence-electron chi connectivity index (χ0n) is 9.93. The third-order valence-corrected chi connectivity index (χ3v) is 4.06. The highest BCUT2D eigenvalue weighted by molar-refractivity contribution is 7.09. The largest absolute Gasteiger partial charge is 0.399 e. The smallest absolute Gasteiger partial charge is 0.227 e. The Morgan fingerprint density at radius 3 is 2.94 bits per heavy atom. The second kappa shape index (κ2) is 4.46. The van der Waals surface area contributed by atoms with Crippen LogP contribution in [-0.4, -0.2) is 5.91 Å². The standard InChI is InChI=1S/C14H14N2OS/c15-11-4-5-13-10(8-11)3-6-14(17)16(13)9-12-2-1-7-18-12/h1-2,4-5,7-8H,3,6,9,15H2. The van der Waals surface area contributed by atoms with E-state index in [1.807, 2.05) is 34.5 Å². The van der Waals surface area contributed by atoms with Crippen molar-refractivity contribution in [2.24, 2.45) is 0 Å². The van der Waals surface area contributed by atoms with Crippen LogP contribution in [0.5, 0.6) is 0 Å². The van der Waals surface area contributed by atoms with Gasteiger partial charge >= 0.3 is 0 Å². The summed E-state index contributed by atoms with van der Waals surface area (Å²) in [4.78, 5) is 15.1. The topological polar surface area (TPSA) is 46.3 Å². The van der Waals surface area contributed by atoms with Gasteiger partial charge in [-0.05, 0) is 41.6 Å². The summed E-state index contributed by atoms with van der Waals surface area (Å²) >= 11 is 1.68. The van der Waals surface area contributed by atoms with Crippen molar-refractivity contribution in [3.05, 3.63) is 46.2 Å². The summed E-state index contributed by atoms with van der Waals surface area (Å²) in [6.45, 7) is 0.660. The average Bonchev–Trinajstić information content (AvgIpc) is 2.86. The number of amides is 1. The quantitative estimate of drug-likeness (QED) is 0.842. The first-order valence-electron chi connectivity index (χ1n) is 5.95. The van der Waals surface area contributed by atoms with Crippen molar-refractivity contribution in [2.75, 3.05) is 10.6 Å². The molecular formula is C14H14N2OS. The van der Waals surface area contributed by atoms with E-state index in [0.29, 0.717) is 13.0 Å². The third-order valence-electron chi connectivity index (χ3n) is 3.20. The fourth-order valence-electron chi connectivity index (χ4n) is 2.31. The summed E-state index contributed by atoms with van der Waals surface area (Å²) in [7, 11) is 0. The summed E-state index contributed by atoms with van der Waals surface area (Å²) in [5, 5.41) is 2.04. The first-order valence-corrected chi connectivity index (χ1v) is 6.83. The summed E-state index contributed by atoms with van der Waals surface area (Å²) in [5.74, 6) is 0.195. The van der Waals surface area contributed by atoms with Gasteiger partial charge in [0.1, 0.15) is 0 Å². The Morgan fingerprint density at radius 2 is 2.17 bits per heavy atom. The second-order valence-electron chi connectivity index (χ2n) is 4.45. The van der Waals surface area contributed by atoms with Gasteiger partial charge in [-0.25, -0.2) is 0 Å². The fourth-order valence-corrected chi connectivity index (χ4v) is 3.00. The van der Waals surface area contributed by atoms with E-state index in [0.717, 1.165) is 17.8 Å². The number of carbonyl (C=O) groups excluding carboxylic acids is 1. The van der Waals surface area contributed by atoms with Crippen LogP contribution in [-0.2, 0) is 17.8 Å². The summed E-state index contributed by atoms with van der Waals surface area (Å²) < 4.78 is 0. The Labute approximate surface area is 110 Å². The molecular weight excluding hydrogens is 244 g/mol. The highest BCUT2D eigenvalue weighted by Crippen LogP contribution is 2.31. The molecule has 1 aromatic carbocycles. The molecule has 0 aliphatic carbocycles. The van der Waals surface area contributed by atoms with E-state index in [2.05, 4.69) is 6.07 Å². The minimum Gasteiger partial charge on any atom is -0.399 e. The maximum atomic E-state index is 12.1. The van der Waals surface area contributed by atoms with E-state index in [4.69, 9.17) is 5.73 Å². The minimum atomic E-state index is 0.195. The number of nitrogens with two attached hydrogens (primary N) is 1. The van der Waals surface area contributed by atoms with Crippen LogP contribution in [0.4, 0.5) is 11.4 Å². The summed E-state index contributed by atoms with van der Waals surface area (Å²) in [6.07, 6.45) is 1.36. The van der Waals surface area contributed by atoms with Gasteiger partial charge in [-0.2, -0.15) is 0 Å². The highest BCUT2D eigenvalue weighted by Gasteiger charge is 2.24. The van der Waals surface area contributed by atoms with Crippen molar-refractivity contribution in [1.82, 2.24) is 0 Å². The molecule has 0 atom stereocenters. The normalized spacial score (nSPS) is 14.7. The van der Waals surface area contributed by atoms with Crippen molar-refractivity contribution < 1.29 is 4.79 Å². The predicted octanol–water partition coefficient (Wildman–Crippen LogP) is 2.81. The molecule has 18 heavy (non-hydrogen) atoms. The van der Waals surface area contributed by atoms with Crippen LogP contribution in [0.1, 0.15) is 16.9 Å². The SMILES string of the molecule is Nc1ccc2c(c1)CCC(=O)N2Cc1cccs1. The van der Waals surface area contributed by atoms with Gasteiger partial charge < -0.3 is 10.6 Å². The molecule has 1 aliphatic heterocycles. The van der Waals surface area contributed by atoms with Crippen molar-refractivity contribution in [2.45, 2.75) is 19.4 Å². The lowest BCUT2D eigenvalue weighted by Gasteiger charge is -2.29. The first kappa shape index (κ1) is 11.3. The van der Waals surface area contributed by atoms with Gasteiger partial charge in [0.15, 0.2) is 0 Å². The van der Waals surface area contributed by atoms with Crippen molar-refractivity contribution in [1.29, 1.82) is 0 Å². The number of carbonyl (C=O) groups is 1. The third kappa shape index (κ3) is 1.99.